The molecular formula is C24H28N6O2. The smallest absolute Gasteiger partial charge is 0.320 e. The number of benzene rings is 1. The zero-order valence-corrected chi connectivity index (χ0v) is 18.3. The van der Waals surface area contributed by atoms with Gasteiger partial charge in [0.15, 0.2) is 5.78 Å². The Bertz CT molecular complexity index is 1070. The Labute approximate surface area is 187 Å². The molecule has 0 unspecified atom stereocenters. The fraction of sp³-hybridized carbons (Fsp3) is 0.333. The molecule has 0 saturated heterocycles. The molecular weight excluding hydrogens is 404 g/mol. The van der Waals surface area contributed by atoms with E-state index in [1.165, 1.54) is 0 Å². The summed E-state index contributed by atoms with van der Waals surface area (Å²) in [5, 5.41) is 3.32. The predicted molar refractivity (Wildman–Crippen MR) is 125 cm³/mol. The molecule has 8 heteroatoms. The number of unbranched alkanes of at least 4 members (excludes halogenated alkanes) is 1. The highest BCUT2D eigenvalue weighted by molar-refractivity contribution is 5.91. The lowest BCUT2D eigenvalue weighted by molar-refractivity contribution is -0.117. The molecule has 1 aromatic carbocycles. The normalized spacial score (nSPS) is 13.0. The van der Waals surface area contributed by atoms with Crippen molar-refractivity contribution in [3.8, 4) is 6.01 Å². The van der Waals surface area contributed by atoms with Crippen LogP contribution >= 0.6 is 0 Å². The number of ketones is 1. The van der Waals surface area contributed by atoms with Gasteiger partial charge in [-0.15, -0.1) is 0 Å². The third-order valence-corrected chi connectivity index (χ3v) is 5.27. The predicted octanol–water partition coefficient (Wildman–Crippen LogP) is 3.38. The van der Waals surface area contributed by atoms with Gasteiger partial charge in [0.1, 0.15) is 17.5 Å². The zero-order chi connectivity index (χ0) is 22.3. The van der Waals surface area contributed by atoms with Gasteiger partial charge in [-0.05, 0) is 29.7 Å². The van der Waals surface area contributed by atoms with Crippen molar-refractivity contribution in [2.24, 2.45) is 0 Å². The average Bonchev–Trinajstić information content (AvgIpc) is 2.80. The van der Waals surface area contributed by atoms with Gasteiger partial charge >= 0.3 is 6.01 Å². The highest BCUT2D eigenvalue weighted by atomic mass is 16.5. The maximum atomic E-state index is 12.4. The molecule has 0 bridgehead atoms. The molecule has 1 aliphatic rings. The second-order valence-corrected chi connectivity index (χ2v) is 7.86. The zero-order valence-electron chi connectivity index (χ0n) is 18.3. The first kappa shape index (κ1) is 21.5. The summed E-state index contributed by atoms with van der Waals surface area (Å²) in [4.78, 5) is 27.5. The van der Waals surface area contributed by atoms with Crippen LogP contribution in [-0.4, -0.2) is 33.9 Å². The number of hydrogen-bond donors (Lipinski definition) is 2. The first-order chi connectivity index (χ1) is 15.6. The number of rotatable bonds is 9. The molecule has 0 amide bonds. The van der Waals surface area contributed by atoms with Crippen molar-refractivity contribution in [2.75, 3.05) is 29.1 Å². The Morgan fingerprint density at radius 2 is 2.03 bits per heavy atom. The Morgan fingerprint density at radius 3 is 2.84 bits per heavy atom. The van der Waals surface area contributed by atoms with Crippen LogP contribution in [0.15, 0.2) is 48.7 Å². The number of nitrogens with zero attached hydrogens (tertiary/aromatic N) is 4. The lowest BCUT2D eigenvalue weighted by atomic mass is 10.0. The van der Waals surface area contributed by atoms with Gasteiger partial charge in [-0.25, -0.2) is 4.98 Å². The fourth-order valence-corrected chi connectivity index (χ4v) is 3.66. The number of anilines is 3. The van der Waals surface area contributed by atoms with Crippen molar-refractivity contribution in [3.63, 3.8) is 0 Å². The maximum absolute atomic E-state index is 12.4. The largest absolute Gasteiger partial charge is 0.463 e. The van der Waals surface area contributed by atoms with Crippen LogP contribution in [0.1, 0.15) is 36.5 Å². The van der Waals surface area contributed by atoms with E-state index in [2.05, 4.69) is 39.3 Å². The van der Waals surface area contributed by atoms with Crippen LogP contribution in [0, 0.1) is 0 Å². The number of aromatic nitrogens is 3. The minimum atomic E-state index is 0.0976. The molecule has 1 aliphatic heterocycles. The molecule has 0 radical (unpaired) electrons. The Balaban J connectivity index is 1.51. The minimum Gasteiger partial charge on any atom is -0.463 e. The molecule has 3 aromatic rings. The Morgan fingerprint density at radius 1 is 1.16 bits per heavy atom. The highest BCUT2D eigenvalue weighted by Gasteiger charge is 2.27. The van der Waals surface area contributed by atoms with Crippen molar-refractivity contribution in [3.05, 3.63) is 65.4 Å². The van der Waals surface area contributed by atoms with E-state index in [0.29, 0.717) is 36.9 Å². The number of pyridine rings is 1. The van der Waals surface area contributed by atoms with Crippen LogP contribution < -0.4 is 20.7 Å². The summed E-state index contributed by atoms with van der Waals surface area (Å²) >= 11 is 0. The Kier molecular flexibility index (Phi) is 6.79. The van der Waals surface area contributed by atoms with Crippen LogP contribution in [-0.2, 0) is 24.3 Å². The molecule has 0 fully saturated rings. The number of carbonyl (C=O) groups is 1. The third kappa shape index (κ3) is 5.32. The Hall–Kier alpha value is -3.68. The molecule has 4 rings (SSSR count). The van der Waals surface area contributed by atoms with Gasteiger partial charge in [0.2, 0.25) is 0 Å². The standard InChI is InChI=1S/C24H28N6O2/c1-2-3-11-32-24-28-22(25)20-13-19(31)16-30(23(20)29-24)15-18-8-6-7-17(12-18)14-27-21-9-4-5-10-26-21/h4-10,12H,2-3,11,13-16H2,1H3,(H,26,27)(H2,25,28,29). The quantitative estimate of drug-likeness (QED) is 0.496. The summed E-state index contributed by atoms with van der Waals surface area (Å²) in [5.41, 5.74) is 9.04. The molecule has 0 spiro atoms. The van der Waals surface area contributed by atoms with Gasteiger partial charge in [-0.3, -0.25) is 4.79 Å². The molecule has 32 heavy (non-hydrogen) atoms. The van der Waals surface area contributed by atoms with E-state index in [1.807, 2.05) is 35.2 Å². The summed E-state index contributed by atoms with van der Waals surface area (Å²) in [6.07, 6.45) is 3.95. The van der Waals surface area contributed by atoms with Crippen molar-refractivity contribution >= 4 is 23.2 Å². The van der Waals surface area contributed by atoms with E-state index >= 15 is 0 Å². The van der Waals surface area contributed by atoms with E-state index < -0.39 is 0 Å². The van der Waals surface area contributed by atoms with Crippen LogP contribution in [0.25, 0.3) is 0 Å². The number of nitrogens with two attached hydrogens (primary N) is 1. The lowest BCUT2D eigenvalue weighted by Crippen LogP contribution is -2.36. The molecule has 0 aliphatic carbocycles. The van der Waals surface area contributed by atoms with Gasteiger partial charge in [0.05, 0.1) is 13.2 Å². The SMILES string of the molecule is CCCCOc1nc(N)c2c(n1)N(Cc1cccc(CNc3ccccn3)c1)CC(=O)C2. The molecule has 3 N–H and O–H groups in total. The van der Waals surface area contributed by atoms with E-state index in [4.69, 9.17) is 10.5 Å². The van der Waals surface area contributed by atoms with Crippen LogP contribution in [0.3, 0.4) is 0 Å². The van der Waals surface area contributed by atoms with Crippen molar-refractivity contribution < 1.29 is 9.53 Å². The molecule has 0 saturated carbocycles. The summed E-state index contributed by atoms with van der Waals surface area (Å²) in [5.74, 6) is 1.92. The van der Waals surface area contributed by atoms with Gasteiger partial charge in [-0.1, -0.05) is 43.7 Å². The molecule has 8 nitrogen and oxygen atoms in total. The van der Waals surface area contributed by atoms with Crippen molar-refractivity contribution in [1.82, 2.24) is 15.0 Å². The molecule has 166 valence electrons. The number of ether oxygens (including phenoxy) is 1. The van der Waals surface area contributed by atoms with Crippen LogP contribution in [0.2, 0.25) is 0 Å². The molecule has 3 heterocycles. The minimum absolute atomic E-state index is 0.0976. The summed E-state index contributed by atoms with van der Waals surface area (Å²) in [7, 11) is 0. The number of hydrogen-bond acceptors (Lipinski definition) is 8. The van der Waals surface area contributed by atoms with E-state index in [-0.39, 0.29) is 24.8 Å². The van der Waals surface area contributed by atoms with Crippen molar-refractivity contribution in [2.45, 2.75) is 39.3 Å². The number of fused-ring (bicyclic) bond motifs is 1. The van der Waals surface area contributed by atoms with E-state index in [9.17, 15) is 4.79 Å². The lowest BCUT2D eigenvalue weighted by Gasteiger charge is -2.30. The summed E-state index contributed by atoms with van der Waals surface area (Å²) in [6, 6.07) is 14.3. The van der Waals surface area contributed by atoms with Gasteiger partial charge < -0.3 is 20.7 Å². The number of nitrogens with one attached hydrogen (secondary N) is 1. The monoisotopic (exact) mass is 432 g/mol. The van der Waals surface area contributed by atoms with E-state index in [1.54, 1.807) is 6.20 Å². The molecule has 2 aromatic heterocycles. The number of carbonyl (C=O) groups excluding carboxylic acids is 1. The number of nitrogen functional groups attached to an aromatic ring is 1. The third-order valence-electron chi connectivity index (χ3n) is 5.27. The summed E-state index contributed by atoms with van der Waals surface area (Å²) in [6.45, 7) is 4.12. The maximum Gasteiger partial charge on any atom is 0.320 e. The van der Waals surface area contributed by atoms with Crippen molar-refractivity contribution in [1.29, 1.82) is 0 Å². The van der Waals surface area contributed by atoms with E-state index in [0.717, 1.165) is 29.8 Å². The van der Waals surface area contributed by atoms with Crippen LogP contribution in [0.5, 0.6) is 6.01 Å². The van der Waals surface area contributed by atoms with Gasteiger partial charge in [0, 0.05) is 31.3 Å². The van der Waals surface area contributed by atoms with Gasteiger partial charge in [-0.2, -0.15) is 9.97 Å². The fourth-order valence-electron chi connectivity index (χ4n) is 3.66. The topological polar surface area (TPSA) is 106 Å². The second kappa shape index (κ2) is 10.1. The second-order valence-electron chi connectivity index (χ2n) is 7.86. The highest BCUT2D eigenvalue weighted by Crippen LogP contribution is 2.30. The summed E-state index contributed by atoms with van der Waals surface area (Å²) < 4.78 is 5.68. The van der Waals surface area contributed by atoms with Crippen LogP contribution in [0.4, 0.5) is 17.5 Å². The molecule has 0 atom stereocenters. The first-order valence-electron chi connectivity index (χ1n) is 10.9. The number of Topliss-reactive ketones (excluding diaryl/α,β-unsaturated/α-hetero) is 1. The van der Waals surface area contributed by atoms with Gasteiger partial charge in [0.25, 0.3) is 0 Å². The first-order valence-corrected chi connectivity index (χ1v) is 10.9. The average molecular weight is 433 g/mol.